The van der Waals surface area contributed by atoms with E-state index in [-0.39, 0.29) is 0 Å². The number of ether oxygens (including phenoxy) is 1. The number of nitrogens with one attached hydrogen (secondary N) is 1. The van der Waals surface area contributed by atoms with Crippen LogP contribution in [0.15, 0.2) is 24.3 Å². The Labute approximate surface area is 89.1 Å². The molecule has 1 heterocycles. The van der Waals surface area contributed by atoms with E-state index in [4.69, 9.17) is 4.74 Å². The number of aromatic amines is 1. The molecule has 1 aromatic carbocycles. The normalized spacial score (nSPS) is 10.3. The molecule has 0 atom stereocenters. The predicted molar refractivity (Wildman–Crippen MR) is 60.0 cm³/mol. The number of aryl methyl sites for hydroxylation is 2. The Morgan fingerprint density at radius 1 is 1.20 bits per heavy atom. The molecular formula is C12H14N2O. The lowest BCUT2D eigenvalue weighted by Gasteiger charge is -2.06. The summed E-state index contributed by atoms with van der Waals surface area (Å²) >= 11 is 0. The number of methoxy groups -OCH3 is 1. The lowest BCUT2D eigenvalue weighted by Crippen LogP contribution is -1.88. The standard InChI is InChI=1S/C12H14N2O/c1-8-4-5-12(15-3)10(6-8)11-7-9(2)13-14-11/h4-7H,1-3H3,(H,13,14). The highest BCUT2D eigenvalue weighted by molar-refractivity contribution is 5.68. The fourth-order valence-electron chi connectivity index (χ4n) is 1.58. The molecule has 0 aliphatic carbocycles. The molecule has 0 amide bonds. The molecule has 3 nitrogen and oxygen atoms in total. The second kappa shape index (κ2) is 3.77. The molecule has 0 saturated carbocycles. The lowest BCUT2D eigenvalue weighted by molar-refractivity contribution is 0.416. The van der Waals surface area contributed by atoms with Crippen LogP contribution in [0.2, 0.25) is 0 Å². The van der Waals surface area contributed by atoms with Crippen molar-refractivity contribution < 1.29 is 4.74 Å². The molecule has 2 aromatic rings. The smallest absolute Gasteiger partial charge is 0.128 e. The quantitative estimate of drug-likeness (QED) is 0.813. The van der Waals surface area contributed by atoms with Crippen molar-refractivity contribution in [2.45, 2.75) is 13.8 Å². The van der Waals surface area contributed by atoms with E-state index in [1.54, 1.807) is 7.11 Å². The van der Waals surface area contributed by atoms with Gasteiger partial charge in [-0.2, -0.15) is 5.10 Å². The highest BCUT2D eigenvalue weighted by Gasteiger charge is 2.08. The Kier molecular flexibility index (Phi) is 2.46. The van der Waals surface area contributed by atoms with Crippen LogP contribution in [0.5, 0.6) is 5.75 Å². The van der Waals surface area contributed by atoms with Crippen molar-refractivity contribution in [3.63, 3.8) is 0 Å². The minimum atomic E-state index is 0.854. The molecule has 15 heavy (non-hydrogen) atoms. The third-order valence-electron chi connectivity index (χ3n) is 2.34. The fourth-order valence-corrected chi connectivity index (χ4v) is 1.58. The Morgan fingerprint density at radius 3 is 2.60 bits per heavy atom. The van der Waals surface area contributed by atoms with Gasteiger partial charge in [-0.3, -0.25) is 5.10 Å². The molecule has 0 aliphatic rings. The number of rotatable bonds is 2. The average molecular weight is 202 g/mol. The van der Waals surface area contributed by atoms with Crippen LogP contribution in [0.3, 0.4) is 0 Å². The molecule has 1 aromatic heterocycles. The van der Waals surface area contributed by atoms with Gasteiger partial charge in [0.25, 0.3) is 0 Å². The summed E-state index contributed by atoms with van der Waals surface area (Å²) < 4.78 is 5.31. The van der Waals surface area contributed by atoms with Crippen molar-refractivity contribution in [2.24, 2.45) is 0 Å². The predicted octanol–water partition coefficient (Wildman–Crippen LogP) is 2.70. The Bertz CT molecular complexity index is 474. The number of aromatic nitrogens is 2. The first-order valence-electron chi connectivity index (χ1n) is 4.87. The van der Waals surface area contributed by atoms with Crippen LogP contribution in [-0.4, -0.2) is 17.3 Å². The summed E-state index contributed by atoms with van der Waals surface area (Å²) in [5.74, 6) is 0.854. The van der Waals surface area contributed by atoms with Gasteiger partial charge < -0.3 is 4.74 Å². The minimum absolute atomic E-state index is 0.854. The largest absolute Gasteiger partial charge is 0.496 e. The minimum Gasteiger partial charge on any atom is -0.496 e. The first-order valence-corrected chi connectivity index (χ1v) is 4.87. The van der Waals surface area contributed by atoms with Crippen LogP contribution >= 0.6 is 0 Å². The molecule has 0 fully saturated rings. The molecule has 3 heteroatoms. The number of hydrogen-bond donors (Lipinski definition) is 1. The summed E-state index contributed by atoms with van der Waals surface area (Å²) in [6, 6.07) is 8.09. The van der Waals surface area contributed by atoms with Crippen molar-refractivity contribution in [2.75, 3.05) is 7.11 Å². The monoisotopic (exact) mass is 202 g/mol. The number of H-pyrrole nitrogens is 1. The summed E-state index contributed by atoms with van der Waals surface area (Å²) in [6.07, 6.45) is 0. The van der Waals surface area contributed by atoms with E-state index in [2.05, 4.69) is 23.2 Å². The maximum absolute atomic E-state index is 5.31. The van der Waals surface area contributed by atoms with E-state index in [1.165, 1.54) is 5.56 Å². The third kappa shape index (κ3) is 1.86. The summed E-state index contributed by atoms with van der Waals surface area (Å²) in [5, 5.41) is 7.16. The van der Waals surface area contributed by atoms with Gasteiger partial charge in [-0.05, 0) is 32.0 Å². The van der Waals surface area contributed by atoms with E-state index in [0.29, 0.717) is 0 Å². The highest BCUT2D eigenvalue weighted by Crippen LogP contribution is 2.29. The number of hydrogen-bond acceptors (Lipinski definition) is 2. The first kappa shape index (κ1) is 9.77. The van der Waals surface area contributed by atoms with Crippen LogP contribution in [0.4, 0.5) is 0 Å². The van der Waals surface area contributed by atoms with Crippen LogP contribution in [0, 0.1) is 13.8 Å². The third-order valence-corrected chi connectivity index (χ3v) is 2.34. The topological polar surface area (TPSA) is 37.9 Å². The molecule has 0 radical (unpaired) electrons. The van der Waals surface area contributed by atoms with Crippen LogP contribution in [-0.2, 0) is 0 Å². The van der Waals surface area contributed by atoms with E-state index in [0.717, 1.165) is 22.7 Å². The molecule has 2 rings (SSSR count). The van der Waals surface area contributed by atoms with Crippen molar-refractivity contribution in [3.05, 3.63) is 35.5 Å². The molecule has 0 saturated heterocycles. The summed E-state index contributed by atoms with van der Waals surface area (Å²) in [5.41, 5.74) is 4.20. The number of nitrogens with zero attached hydrogens (tertiary/aromatic N) is 1. The van der Waals surface area contributed by atoms with Gasteiger partial charge in [0, 0.05) is 11.3 Å². The summed E-state index contributed by atoms with van der Waals surface area (Å²) in [6.45, 7) is 4.04. The van der Waals surface area contributed by atoms with E-state index >= 15 is 0 Å². The molecule has 0 unspecified atom stereocenters. The molecule has 78 valence electrons. The summed E-state index contributed by atoms with van der Waals surface area (Å²) in [7, 11) is 1.67. The van der Waals surface area contributed by atoms with E-state index in [9.17, 15) is 0 Å². The van der Waals surface area contributed by atoms with Crippen molar-refractivity contribution >= 4 is 0 Å². The maximum Gasteiger partial charge on any atom is 0.128 e. The van der Waals surface area contributed by atoms with Gasteiger partial charge in [-0.1, -0.05) is 11.6 Å². The first-order chi connectivity index (χ1) is 7.20. The van der Waals surface area contributed by atoms with Crippen molar-refractivity contribution in [1.82, 2.24) is 10.2 Å². The molecular weight excluding hydrogens is 188 g/mol. The van der Waals surface area contributed by atoms with Crippen molar-refractivity contribution in [1.29, 1.82) is 0 Å². The van der Waals surface area contributed by atoms with Crippen molar-refractivity contribution in [3.8, 4) is 17.0 Å². The maximum atomic E-state index is 5.31. The second-order valence-corrected chi connectivity index (χ2v) is 3.64. The lowest BCUT2D eigenvalue weighted by atomic mass is 10.1. The van der Waals surface area contributed by atoms with Crippen LogP contribution in [0.25, 0.3) is 11.3 Å². The van der Waals surface area contributed by atoms with Gasteiger partial charge >= 0.3 is 0 Å². The molecule has 0 bridgehead atoms. The van der Waals surface area contributed by atoms with Gasteiger partial charge in [0.1, 0.15) is 5.75 Å². The molecule has 1 N–H and O–H groups in total. The van der Waals surface area contributed by atoms with Crippen LogP contribution < -0.4 is 4.74 Å². The van der Waals surface area contributed by atoms with Gasteiger partial charge in [-0.25, -0.2) is 0 Å². The van der Waals surface area contributed by atoms with Gasteiger partial charge in [0.15, 0.2) is 0 Å². The molecule has 0 aliphatic heterocycles. The zero-order valence-electron chi connectivity index (χ0n) is 9.16. The zero-order valence-corrected chi connectivity index (χ0v) is 9.16. The molecule has 0 spiro atoms. The van der Waals surface area contributed by atoms with E-state index < -0.39 is 0 Å². The summed E-state index contributed by atoms with van der Waals surface area (Å²) in [4.78, 5) is 0. The Morgan fingerprint density at radius 2 is 2.00 bits per heavy atom. The van der Waals surface area contributed by atoms with E-state index in [1.807, 2.05) is 25.1 Å². The highest BCUT2D eigenvalue weighted by atomic mass is 16.5. The Hall–Kier alpha value is -1.77. The average Bonchev–Trinajstić information content (AvgIpc) is 2.65. The second-order valence-electron chi connectivity index (χ2n) is 3.64. The number of benzene rings is 1. The van der Waals surface area contributed by atoms with Gasteiger partial charge in [-0.15, -0.1) is 0 Å². The Balaban J connectivity index is 2.55. The fraction of sp³-hybridized carbons (Fsp3) is 0.250. The van der Waals surface area contributed by atoms with Gasteiger partial charge in [0.05, 0.1) is 12.8 Å². The van der Waals surface area contributed by atoms with Gasteiger partial charge in [0.2, 0.25) is 0 Å². The SMILES string of the molecule is COc1ccc(C)cc1-c1cc(C)[nH]n1. The zero-order chi connectivity index (χ0) is 10.8. The van der Waals surface area contributed by atoms with Crippen LogP contribution in [0.1, 0.15) is 11.3 Å².